The fraction of sp³-hybridized carbons (Fsp3) is 0.467. The minimum absolute atomic E-state index is 0.0567. The third kappa shape index (κ3) is 2.82. The first kappa shape index (κ1) is 13.5. The summed E-state index contributed by atoms with van der Waals surface area (Å²) in [5, 5.41) is 5.70. The highest BCUT2D eigenvalue weighted by atomic mass is 32.2. The maximum atomic E-state index is 12.3. The first-order chi connectivity index (χ1) is 9.65. The first-order valence-corrected chi connectivity index (χ1v) is 7.92. The summed E-state index contributed by atoms with van der Waals surface area (Å²) in [7, 11) is 0. The molecule has 1 aromatic rings. The van der Waals surface area contributed by atoms with Gasteiger partial charge in [-0.2, -0.15) is 0 Å². The van der Waals surface area contributed by atoms with Gasteiger partial charge in [0.05, 0.1) is 6.04 Å². The molecule has 1 aromatic carbocycles. The average molecular weight is 290 g/mol. The van der Waals surface area contributed by atoms with Crippen molar-refractivity contribution in [2.45, 2.75) is 25.4 Å². The Morgan fingerprint density at radius 2 is 2.10 bits per heavy atom. The molecule has 4 atom stereocenters. The van der Waals surface area contributed by atoms with Gasteiger partial charge in [0.15, 0.2) is 0 Å². The van der Waals surface area contributed by atoms with Crippen LogP contribution >= 0.6 is 11.8 Å². The highest BCUT2D eigenvalue weighted by molar-refractivity contribution is 8.14. The average Bonchev–Trinajstić information content (AvgIpc) is 3.00. The van der Waals surface area contributed by atoms with Gasteiger partial charge in [0.25, 0.3) is 5.24 Å². The molecule has 4 nitrogen and oxygen atoms in total. The summed E-state index contributed by atoms with van der Waals surface area (Å²) >= 11 is 1.17. The van der Waals surface area contributed by atoms with Gasteiger partial charge < -0.3 is 10.6 Å². The van der Waals surface area contributed by atoms with E-state index in [2.05, 4.69) is 29.7 Å². The number of amides is 2. The predicted molar refractivity (Wildman–Crippen MR) is 79.4 cm³/mol. The molecule has 0 radical (unpaired) electrons. The van der Waals surface area contributed by atoms with Crippen molar-refractivity contribution < 1.29 is 9.59 Å². The minimum atomic E-state index is -0.396. The number of hydrogen-bond acceptors (Lipinski definition) is 3. The molecule has 1 heterocycles. The predicted octanol–water partition coefficient (Wildman–Crippen LogP) is 2.32. The molecule has 2 fully saturated rings. The number of carbonyl (C=O) groups excluding carboxylic acids is 2. The molecule has 0 spiro atoms. The fourth-order valence-electron chi connectivity index (χ4n) is 2.69. The number of nitrogens with one attached hydrogen (secondary N) is 2. The Hall–Kier alpha value is -1.49. The van der Waals surface area contributed by atoms with Gasteiger partial charge in [0, 0.05) is 5.75 Å². The van der Waals surface area contributed by atoms with Gasteiger partial charge in [-0.05, 0) is 23.8 Å². The molecule has 1 aliphatic heterocycles. The minimum Gasteiger partial charge on any atom is -0.347 e. The summed E-state index contributed by atoms with van der Waals surface area (Å²) in [6, 6.07) is 9.74. The first-order valence-electron chi connectivity index (χ1n) is 6.94. The van der Waals surface area contributed by atoms with Crippen LogP contribution in [0, 0.1) is 11.8 Å². The van der Waals surface area contributed by atoms with Crippen molar-refractivity contribution in [3.63, 3.8) is 0 Å². The number of thioether (sulfide) groups is 1. The monoisotopic (exact) mass is 290 g/mol. The van der Waals surface area contributed by atoms with Gasteiger partial charge in [-0.3, -0.25) is 9.59 Å². The Balaban J connectivity index is 1.71. The summed E-state index contributed by atoms with van der Waals surface area (Å²) in [6.07, 6.45) is 1.14. The van der Waals surface area contributed by atoms with Crippen molar-refractivity contribution in [1.82, 2.24) is 10.6 Å². The SMILES string of the molecule is C[C@@H]1C[C@@H]1[C@@H](NC(=O)[C@H]1CSC(=O)N1)c1ccccc1. The van der Waals surface area contributed by atoms with E-state index in [9.17, 15) is 9.59 Å². The molecule has 1 aliphatic carbocycles. The molecule has 106 valence electrons. The Morgan fingerprint density at radius 1 is 1.40 bits per heavy atom. The molecule has 3 rings (SSSR count). The van der Waals surface area contributed by atoms with Crippen molar-refractivity contribution in [3.05, 3.63) is 35.9 Å². The summed E-state index contributed by atoms with van der Waals surface area (Å²) in [5.74, 6) is 1.60. The summed E-state index contributed by atoms with van der Waals surface area (Å²) in [4.78, 5) is 23.5. The highest BCUT2D eigenvalue weighted by Crippen LogP contribution is 2.46. The van der Waals surface area contributed by atoms with Gasteiger partial charge in [-0.15, -0.1) is 0 Å². The molecule has 1 saturated heterocycles. The lowest BCUT2D eigenvalue weighted by atomic mass is 10.0. The zero-order valence-corrected chi connectivity index (χ0v) is 12.2. The largest absolute Gasteiger partial charge is 0.347 e. The molecular weight excluding hydrogens is 272 g/mol. The van der Waals surface area contributed by atoms with Crippen molar-refractivity contribution in [2.75, 3.05) is 5.75 Å². The third-order valence-corrected chi connectivity index (χ3v) is 4.93. The van der Waals surface area contributed by atoms with E-state index in [4.69, 9.17) is 0 Å². The second-order valence-corrected chi connectivity index (χ2v) is 6.56. The molecule has 20 heavy (non-hydrogen) atoms. The summed E-state index contributed by atoms with van der Waals surface area (Å²) in [6.45, 7) is 2.21. The Labute approximate surface area is 122 Å². The van der Waals surface area contributed by atoms with Crippen LogP contribution in [0.5, 0.6) is 0 Å². The molecule has 0 unspecified atom stereocenters. The van der Waals surface area contributed by atoms with Crippen LogP contribution < -0.4 is 10.6 Å². The summed E-state index contributed by atoms with van der Waals surface area (Å²) in [5.41, 5.74) is 1.15. The maximum Gasteiger partial charge on any atom is 0.279 e. The van der Waals surface area contributed by atoms with Crippen molar-refractivity contribution in [1.29, 1.82) is 0 Å². The number of carbonyl (C=O) groups is 2. The smallest absolute Gasteiger partial charge is 0.279 e. The van der Waals surface area contributed by atoms with Gasteiger partial charge in [-0.25, -0.2) is 0 Å². The zero-order valence-electron chi connectivity index (χ0n) is 11.3. The van der Waals surface area contributed by atoms with E-state index in [0.717, 1.165) is 12.0 Å². The Kier molecular flexibility index (Phi) is 3.70. The highest BCUT2D eigenvalue weighted by Gasteiger charge is 2.42. The third-order valence-electron chi connectivity index (χ3n) is 4.05. The topological polar surface area (TPSA) is 58.2 Å². The Bertz CT molecular complexity index is 520. The molecule has 1 saturated carbocycles. The van der Waals surface area contributed by atoms with Crippen molar-refractivity contribution >= 4 is 22.9 Å². The van der Waals surface area contributed by atoms with Crippen molar-refractivity contribution in [2.24, 2.45) is 11.8 Å². The van der Waals surface area contributed by atoms with Crippen LogP contribution in [-0.2, 0) is 4.79 Å². The van der Waals surface area contributed by atoms with Gasteiger partial charge in [0.1, 0.15) is 6.04 Å². The standard InChI is InChI=1S/C15H18N2O2S/c1-9-7-11(9)13(10-5-3-2-4-6-10)17-14(18)12-8-20-15(19)16-12/h2-6,9,11-13H,7-8H2,1H3,(H,16,19)(H,17,18)/t9-,11+,12-,13+/m1/s1. The number of rotatable bonds is 4. The lowest BCUT2D eigenvalue weighted by molar-refractivity contribution is -0.123. The second-order valence-electron chi connectivity index (χ2n) is 5.57. The number of benzene rings is 1. The van der Waals surface area contributed by atoms with Gasteiger partial charge in [0.2, 0.25) is 5.91 Å². The van der Waals surface area contributed by atoms with E-state index < -0.39 is 6.04 Å². The van der Waals surface area contributed by atoms with Gasteiger partial charge in [-0.1, -0.05) is 49.0 Å². The quantitative estimate of drug-likeness (QED) is 0.894. The van der Waals surface area contributed by atoms with Crippen LogP contribution in [-0.4, -0.2) is 22.9 Å². The van der Waals surface area contributed by atoms with E-state index in [1.165, 1.54) is 11.8 Å². The zero-order chi connectivity index (χ0) is 14.1. The van der Waals surface area contributed by atoms with E-state index in [1.54, 1.807) is 0 Å². The van der Waals surface area contributed by atoms with Gasteiger partial charge >= 0.3 is 0 Å². The van der Waals surface area contributed by atoms with E-state index in [1.807, 2.05) is 18.2 Å². The normalized spacial score (nSPS) is 29.6. The number of hydrogen-bond donors (Lipinski definition) is 2. The van der Waals surface area contributed by atoms with E-state index in [-0.39, 0.29) is 17.2 Å². The molecule has 2 aliphatic rings. The second kappa shape index (κ2) is 5.48. The van der Waals surface area contributed by atoms with Crippen LogP contribution in [0.4, 0.5) is 4.79 Å². The maximum absolute atomic E-state index is 12.3. The van der Waals surface area contributed by atoms with E-state index in [0.29, 0.717) is 17.6 Å². The summed E-state index contributed by atoms with van der Waals surface area (Å²) < 4.78 is 0. The molecule has 0 aromatic heterocycles. The lowest BCUT2D eigenvalue weighted by Crippen LogP contribution is -2.44. The Morgan fingerprint density at radius 3 is 2.65 bits per heavy atom. The molecular formula is C15H18N2O2S. The van der Waals surface area contributed by atoms with Crippen molar-refractivity contribution in [3.8, 4) is 0 Å². The van der Waals surface area contributed by atoms with Crippen LogP contribution in [0.2, 0.25) is 0 Å². The molecule has 5 heteroatoms. The van der Waals surface area contributed by atoms with Crippen LogP contribution in [0.25, 0.3) is 0 Å². The molecule has 0 bridgehead atoms. The van der Waals surface area contributed by atoms with Crippen LogP contribution in [0.1, 0.15) is 24.9 Å². The fourth-order valence-corrected chi connectivity index (χ4v) is 3.47. The van der Waals surface area contributed by atoms with Crippen LogP contribution in [0.3, 0.4) is 0 Å². The lowest BCUT2D eigenvalue weighted by Gasteiger charge is -2.21. The molecule has 2 N–H and O–H groups in total. The molecule has 2 amide bonds. The van der Waals surface area contributed by atoms with Crippen LogP contribution in [0.15, 0.2) is 30.3 Å². The van der Waals surface area contributed by atoms with E-state index >= 15 is 0 Å².